The van der Waals surface area contributed by atoms with E-state index in [4.69, 9.17) is 0 Å². The molecule has 1 nitrogen and oxygen atoms in total. The van der Waals surface area contributed by atoms with Gasteiger partial charge >= 0.3 is 0 Å². The summed E-state index contributed by atoms with van der Waals surface area (Å²) in [5.74, 6) is 0. The van der Waals surface area contributed by atoms with Crippen molar-refractivity contribution >= 4 is 11.9 Å². The van der Waals surface area contributed by atoms with Crippen molar-refractivity contribution in [3.63, 3.8) is 0 Å². The zero-order valence-corrected chi connectivity index (χ0v) is 14.4. The van der Waals surface area contributed by atoms with Gasteiger partial charge in [-0.25, -0.2) is 0 Å². The summed E-state index contributed by atoms with van der Waals surface area (Å²) in [7, 11) is 0. The Kier molecular flexibility index (Phi) is 4.63. The van der Waals surface area contributed by atoms with Crippen molar-refractivity contribution < 1.29 is 0 Å². The summed E-state index contributed by atoms with van der Waals surface area (Å²) in [6.07, 6.45) is 1.91. The maximum atomic E-state index is 4.66. The number of aliphatic imine (C=N–C) groups is 1. The Morgan fingerprint density at radius 1 is 1.00 bits per heavy atom. The molecule has 0 unspecified atom stereocenters. The predicted octanol–water partition coefficient (Wildman–Crippen LogP) is 5.91. The zero-order valence-electron chi connectivity index (χ0n) is 14.4. The number of nitrogens with zero attached hydrogens (tertiary/aromatic N) is 1. The lowest BCUT2D eigenvalue weighted by molar-refractivity contribution is 0.528. The van der Waals surface area contributed by atoms with E-state index in [9.17, 15) is 0 Å². The zero-order chi connectivity index (χ0) is 15.7. The largest absolute Gasteiger partial charge is 0.256 e. The Balaban J connectivity index is 3.21. The molecule has 0 aliphatic heterocycles. The highest BCUT2D eigenvalue weighted by molar-refractivity contribution is 5.82. The fraction of sp³-hybridized carbons (Fsp3) is 0.526. The maximum absolute atomic E-state index is 4.66. The first-order valence-electron chi connectivity index (χ1n) is 7.28. The van der Waals surface area contributed by atoms with Crippen molar-refractivity contribution in [1.29, 1.82) is 0 Å². The molecular formula is C19H29N. The van der Waals surface area contributed by atoms with Crippen molar-refractivity contribution in [1.82, 2.24) is 0 Å². The van der Waals surface area contributed by atoms with Crippen molar-refractivity contribution in [3.05, 3.63) is 41.0 Å². The molecule has 20 heavy (non-hydrogen) atoms. The van der Waals surface area contributed by atoms with E-state index in [1.54, 1.807) is 0 Å². The average molecular weight is 271 g/mol. The monoisotopic (exact) mass is 271 g/mol. The summed E-state index contributed by atoms with van der Waals surface area (Å²) in [6.45, 7) is 21.6. The van der Waals surface area contributed by atoms with E-state index in [0.29, 0.717) is 0 Å². The van der Waals surface area contributed by atoms with Gasteiger partial charge in [0.15, 0.2) is 0 Å². The van der Waals surface area contributed by atoms with Gasteiger partial charge < -0.3 is 0 Å². The molecule has 0 atom stereocenters. The van der Waals surface area contributed by atoms with Crippen LogP contribution in [0.1, 0.15) is 58.2 Å². The van der Waals surface area contributed by atoms with E-state index >= 15 is 0 Å². The van der Waals surface area contributed by atoms with Gasteiger partial charge in [0.2, 0.25) is 0 Å². The topological polar surface area (TPSA) is 12.4 Å². The van der Waals surface area contributed by atoms with Crippen LogP contribution in [0.4, 0.5) is 5.69 Å². The number of benzene rings is 1. The van der Waals surface area contributed by atoms with E-state index < -0.39 is 0 Å². The normalized spacial score (nSPS) is 13.0. The second-order valence-electron chi connectivity index (χ2n) is 7.74. The lowest BCUT2D eigenvalue weighted by Crippen LogP contribution is -2.13. The van der Waals surface area contributed by atoms with Crippen molar-refractivity contribution in [2.75, 3.05) is 0 Å². The van der Waals surface area contributed by atoms with Gasteiger partial charge in [-0.2, -0.15) is 0 Å². The number of aryl methyl sites for hydroxylation is 2. The molecule has 0 heterocycles. The minimum Gasteiger partial charge on any atom is -0.256 e. The first-order chi connectivity index (χ1) is 8.93. The Morgan fingerprint density at radius 3 is 2.00 bits per heavy atom. The van der Waals surface area contributed by atoms with Gasteiger partial charge in [0, 0.05) is 6.21 Å². The Morgan fingerprint density at radius 2 is 1.55 bits per heavy atom. The van der Waals surface area contributed by atoms with E-state index in [0.717, 1.165) is 11.3 Å². The van der Waals surface area contributed by atoms with Crippen LogP contribution in [0.3, 0.4) is 0 Å². The number of rotatable bonds is 2. The first-order valence-corrected chi connectivity index (χ1v) is 7.28. The molecule has 0 radical (unpaired) electrons. The summed E-state index contributed by atoms with van der Waals surface area (Å²) < 4.78 is 0. The molecule has 1 rings (SSSR count). The molecule has 1 heteroatoms. The first kappa shape index (κ1) is 16.7. The average Bonchev–Trinajstić information content (AvgIpc) is 2.24. The molecule has 0 N–H and O–H groups in total. The summed E-state index contributed by atoms with van der Waals surface area (Å²) in [4.78, 5) is 4.66. The van der Waals surface area contributed by atoms with Crippen LogP contribution in [0.5, 0.6) is 0 Å². The molecule has 0 saturated carbocycles. The third-order valence-electron chi connectivity index (χ3n) is 3.67. The fourth-order valence-electron chi connectivity index (χ4n) is 2.13. The number of hydrogen-bond donors (Lipinski definition) is 0. The van der Waals surface area contributed by atoms with E-state index in [1.165, 1.54) is 16.7 Å². The van der Waals surface area contributed by atoms with E-state index in [2.05, 4.69) is 79.1 Å². The summed E-state index contributed by atoms with van der Waals surface area (Å²) in [5.41, 5.74) is 6.22. The van der Waals surface area contributed by atoms with Crippen LogP contribution in [0, 0.1) is 19.3 Å². The van der Waals surface area contributed by atoms with Crippen LogP contribution < -0.4 is 0 Å². The van der Waals surface area contributed by atoms with Gasteiger partial charge in [-0.05, 0) is 53.0 Å². The summed E-state index contributed by atoms with van der Waals surface area (Å²) >= 11 is 0. The van der Waals surface area contributed by atoms with E-state index in [-0.39, 0.29) is 10.8 Å². The Bertz CT molecular complexity index is 534. The van der Waals surface area contributed by atoms with Gasteiger partial charge in [0.05, 0.1) is 5.69 Å². The molecule has 0 fully saturated rings. The molecule has 0 aromatic heterocycles. The van der Waals surface area contributed by atoms with Gasteiger partial charge in [-0.1, -0.05) is 54.2 Å². The lowest BCUT2D eigenvalue weighted by atomic mass is 9.83. The number of allylic oxidation sites excluding steroid dienone is 1. The highest BCUT2D eigenvalue weighted by Crippen LogP contribution is 2.32. The fourth-order valence-corrected chi connectivity index (χ4v) is 2.13. The van der Waals surface area contributed by atoms with Crippen molar-refractivity contribution in [3.8, 4) is 0 Å². The molecule has 1 aromatic rings. The smallest absolute Gasteiger partial charge is 0.0662 e. The molecule has 110 valence electrons. The van der Waals surface area contributed by atoms with Crippen LogP contribution in [0.15, 0.2) is 29.3 Å². The highest BCUT2D eigenvalue weighted by atomic mass is 14.7. The molecule has 1 aromatic carbocycles. The van der Waals surface area contributed by atoms with Gasteiger partial charge in [0.1, 0.15) is 0 Å². The van der Waals surface area contributed by atoms with Crippen molar-refractivity contribution in [2.24, 2.45) is 10.4 Å². The molecular weight excluding hydrogens is 242 g/mol. The highest BCUT2D eigenvalue weighted by Gasteiger charge is 2.18. The Hall–Kier alpha value is -1.37. The van der Waals surface area contributed by atoms with Crippen molar-refractivity contribution in [2.45, 2.75) is 60.8 Å². The third-order valence-corrected chi connectivity index (χ3v) is 3.67. The molecule has 0 bridgehead atoms. The minimum atomic E-state index is 0.0644. The lowest BCUT2D eigenvalue weighted by Gasteiger charge is -2.23. The third kappa shape index (κ3) is 4.06. The van der Waals surface area contributed by atoms with Crippen LogP contribution in [-0.2, 0) is 5.41 Å². The van der Waals surface area contributed by atoms with Crippen LogP contribution in [-0.4, -0.2) is 6.21 Å². The molecule has 0 spiro atoms. The predicted molar refractivity (Wildman–Crippen MR) is 91.4 cm³/mol. The molecule has 0 amide bonds. The van der Waals surface area contributed by atoms with Gasteiger partial charge in [-0.15, -0.1) is 0 Å². The standard InChI is InChI=1S/C19H29N/c1-13-10-14(2)17(11-16(13)19(7,8)9)20-12-15(3)18(4,5)6/h10-12H,3H2,1-2,4-9H3. The van der Waals surface area contributed by atoms with Crippen LogP contribution >= 0.6 is 0 Å². The minimum absolute atomic E-state index is 0.0644. The quantitative estimate of drug-likeness (QED) is 0.593. The summed E-state index contributed by atoms with van der Waals surface area (Å²) in [6, 6.07) is 4.45. The Labute approximate surface area is 124 Å². The second kappa shape index (κ2) is 5.55. The van der Waals surface area contributed by atoms with Crippen LogP contribution in [0.25, 0.3) is 0 Å². The van der Waals surface area contributed by atoms with Gasteiger partial charge in [-0.3, -0.25) is 4.99 Å². The molecule has 0 aliphatic rings. The number of hydrogen-bond acceptors (Lipinski definition) is 1. The molecule has 0 aliphatic carbocycles. The molecule has 0 saturated heterocycles. The SMILES string of the molecule is C=C(C=Nc1cc(C(C)(C)C)c(C)cc1C)C(C)(C)C. The van der Waals surface area contributed by atoms with Crippen LogP contribution in [0.2, 0.25) is 0 Å². The van der Waals surface area contributed by atoms with E-state index in [1.807, 2.05) is 6.21 Å². The second-order valence-corrected chi connectivity index (χ2v) is 7.74. The van der Waals surface area contributed by atoms with Gasteiger partial charge in [0.25, 0.3) is 0 Å². The summed E-state index contributed by atoms with van der Waals surface area (Å²) in [5, 5.41) is 0. The maximum Gasteiger partial charge on any atom is 0.0662 e.